The van der Waals surface area contributed by atoms with Crippen LogP contribution in [-0.4, -0.2) is 18.1 Å². The third kappa shape index (κ3) is 3.14. The summed E-state index contributed by atoms with van der Waals surface area (Å²) in [5.74, 6) is -0.121. The third-order valence-corrected chi connectivity index (χ3v) is 2.68. The first-order valence-electron chi connectivity index (χ1n) is 5.47. The zero-order valence-corrected chi connectivity index (χ0v) is 10.9. The Balaban J connectivity index is 2.28. The van der Waals surface area contributed by atoms with Crippen molar-refractivity contribution in [3.05, 3.63) is 47.1 Å². The van der Waals surface area contributed by atoms with Gasteiger partial charge in [0.2, 0.25) is 0 Å². The minimum absolute atomic E-state index is 0.188. The number of nitrogens with one attached hydrogen (secondary N) is 1. The van der Waals surface area contributed by atoms with Crippen LogP contribution in [0.3, 0.4) is 0 Å². The fraction of sp³-hybridized carbons (Fsp3) is 0.0769. The lowest BCUT2D eigenvalue weighted by molar-refractivity contribution is 0.0594. The second-order valence-corrected chi connectivity index (χ2v) is 4.19. The van der Waals surface area contributed by atoms with Gasteiger partial charge in [0, 0.05) is 10.7 Å². The molecule has 0 saturated heterocycles. The van der Waals surface area contributed by atoms with Gasteiger partial charge in [0.1, 0.15) is 0 Å². The third-order valence-electron chi connectivity index (χ3n) is 2.43. The summed E-state index contributed by atoms with van der Waals surface area (Å²) < 4.78 is 4.61. The van der Waals surface area contributed by atoms with Crippen molar-refractivity contribution in [2.75, 3.05) is 18.2 Å². The topological polar surface area (TPSA) is 77.2 Å². The van der Waals surface area contributed by atoms with E-state index in [2.05, 4.69) is 15.0 Å². The van der Waals surface area contributed by atoms with E-state index in [0.29, 0.717) is 16.5 Å². The molecule has 19 heavy (non-hydrogen) atoms. The van der Waals surface area contributed by atoms with Crippen molar-refractivity contribution in [2.24, 2.45) is 0 Å². The van der Waals surface area contributed by atoms with Gasteiger partial charge in [-0.05, 0) is 36.4 Å². The van der Waals surface area contributed by atoms with Crippen LogP contribution in [0.2, 0.25) is 5.02 Å². The van der Waals surface area contributed by atoms with Crippen molar-refractivity contribution >= 4 is 34.8 Å². The minimum Gasteiger partial charge on any atom is -0.464 e. The molecule has 0 saturated carbocycles. The number of halogens is 1. The van der Waals surface area contributed by atoms with Gasteiger partial charge in [-0.1, -0.05) is 11.6 Å². The summed E-state index contributed by atoms with van der Waals surface area (Å²) in [6.45, 7) is 0. The maximum Gasteiger partial charge on any atom is 0.356 e. The SMILES string of the molecule is COC(=O)c1ccc(N)c(Nc2ccc(Cl)cc2)n1. The monoisotopic (exact) mass is 277 g/mol. The molecule has 1 aromatic heterocycles. The molecule has 0 aliphatic heterocycles. The molecule has 0 fully saturated rings. The van der Waals surface area contributed by atoms with E-state index in [4.69, 9.17) is 17.3 Å². The van der Waals surface area contributed by atoms with Crippen LogP contribution in [0, 0.1) is 0 Å². The second kappa shape index (κ2) is 5.58. The van der Waals surface area contributed by atoms with Crippen molar-refractivity contribution in [1.29, 1.82) is 0 Å². The van der Waals surface area contributed by atoms with E-state index in [0.717, 1.165) is 5.69 Å². The summed E-state index contributed by atoms with van der Waals surface area (Å²) in [4.78, 5) is 15.5. The van der Waals surface area contributed by atoms with E-state index < -0.39 is 5.97 Å². The van der Waals surface area contributed by atoms with Gasteiger partial charge in [-0.3, -0.25) is 0 Å². The highest BCUT2D eigenvalue weighted by Gasteiger charge is 2.10. The average molecular weight is 278 g/mol. The van der Waals surface area contributed by atoms with Gasteiger partial charge in [0.25, 0.3) is 0 Å². The van der Waals surface area contributed by atoms with Gasteiger partial charge in [0.05, 0.1) is 12.8 Å². The van der Waals surface area contributed by atoms with Gasteiger partial charge in [-0.2, -0.15) is 0 Å². The number of hydrogen-bond donors (Lipinski definition) is 2. The van der Waals surface area contributed by atoms with Gasteiger partial charge >= 0.3 is 5.97 Å². The zero-order chi connectivity index (χ0) is 13.8. The molecule has 0 atom stereocenters. The van der Waals surface area contributed by atoms with Crippen LogP contribution >= 0.6 is 11.6 Å². The number of methoxy groups -OCH3 is 1. The first-order chi connectivity index (χ1) is 9.10. The number of anilines is 3. The van der Waals surface area contributed by atoms with Crippen LogP contribution in [0.25, 0.3) is 0 Å². The van der Waals surface area contributed by atoms with E-state index in [1.807, 2.05) is 0 Å². The quantitative estimate of drug-likeness (QED) is 0.844. The van der Waals surface area contributed by atoms with Crippen molar-refractivity contribution < 1.29 is 9.53 Å². The van der Waals surface area contributed by atoms with Gasteiger partial charge in [-0.25, -0.2) is 9.78 Å². The Labute approximate surface area is 115 Å². The molecule has 5 nitrogen and oxygen atoms in total. The highest BCUT2D eigenvalue weighted by molar-refractivity contribution is 6.30. The lowest BCUT2D eigenvalue weighted by Gasteiger charge is -2.09. The maximum absolute atomic E-state index is 11.4. The molecule has 2 aromatic rings. The molecule has 1 aromatic carbocycles. The molecule has 0 bridgehead atoms. The fourth-order valence-corrected chi connectivity index (χ4v) is 1.58. The Morgan fingerprint density at radius 2 is 1.95 bits per heavy atom. The van der Waals surface area contributed by atoms with Crippen LogP contribution < -0.4 is 11.1 Å². The summed E-state index contributed by atoms with van der Waals surface area (Å²) in [5.41, 5.74) is 7.20. The molecule has 0 aliphatic carbocycles. The van der Waals surface area contributed by atoms with Crippen LogP contribution in [-0.2, 0) is 4.74 Å². The van der Waals surface area contributed by atoms with E-state index in [1.165, 1.54) is 13.2 Å². The summed E-state index contributed by atoms with van der Waals surface area (Å²) in [6, 6.07) is 10.2. The lowest BCUT2D eigenvalue weighted by Crippen LogP contribution is -2.07. The molecule has 0 amide bonds. The zero-order valence-electron chi connectivity index (χ0n) is 10.2. The second-order valence-electron chi connectivity index (χ2n) is 3.76. The number of benzene rings is 1. The highest BCUT2D eigenvalue weighted by atomic mass is 35.5. The number of nitrogens with zero attached hydrogens (tertiary/aromatic N) is 1. The molecule has 0 unspecified atom stereocenters. The summed E-state index contributed by atoms with van der Waals surface area (Å²) >= 11 is 5.80. The molecule has 0 radical (unpaired) electrons. The van der Waals surface area contributed by atoms with Gasteiger partial charge in [-0.15, -0.1) is 0 Å². The average Bonchev–Trinajstić information content (AvgIpc) is 2.43. The number of ether oxygens (including phenoxy) is 1. The molecule has 3 N–H and O–H groups in total. The van der Waals surface area contributed by atoms with E-state index in [9.17, 15) is 4.79 Å². The maximum atomic E-state index is 11.4. The normalized spacial score (nSPS) is 10.0. The minimum atomic E-state index is -0.515. The number of esters is 1. The molecule has 98 valence electrons. The molecular formula is C13H12ClN3O2. The summed E-state index contributed by atoms with van der Waals surface area (Å²) in [7, 11) is 1.30. The Morgan fingerprint density at radius 1 is 1.26 bits per heavy atom. The predicted molar refractivity (Wildman–Crippen MR) is 74.7 cm³/mol. The summed E-state index contributed by atoms with van der Waals surface area (Å²) in [5, 5.41) is 3.65. The smallest absolute Gasteiger partial charge is 0.356 e. The molecule has 0 aliphatic rings. The largest absolute Gasteiger partial charge is 0.464 e. The fourth-order valence-electron chi connectivity index (χ4n) is 1.46. The molecular weight excluding hydrogens is 266 g/mol. The van der Waals surface area contributed by atoms with Crippen molar-refractivity contribution in [3.63, 3.8) is 0 Å². The Morgan fingerprint density at radius 3 is 2.58 bits per heavy atom. The van der Waals surface area contributed by atoms with Crippen LogP contribution in [0.4, 0.5) is 17.2 Å². The number of hydrogen-bond acceptors (Lipinski definition) is 5. The lowest BCUT2D eigenvalue weighted by atomic mass is 10.3. The predicted octanol–water partition coefficient (Wildman–Crippen LogP) is 2.85. The van der Waals surface area contributed by atoms with Crippen LogP contribution in [0.1, 0.15) is 10.5 Å². The van der Waals surface area contributed by atoms with Gasteiger partial charge in [0.15, 0.2) is 11.5 Å². The standard InChI is InChI=1S/C13H12ClN3O2/c1-19-13(18)11-7-6-10(15)12(17-11)16-9-4-2-8(14)3-5-9/h2-7H,15H2,1H3,(H,16,17). The number of nitrogens with two attached hydrogens (primary N) is 1. The van der Waals surface area contributed by atoms with Crippen molar-refractivity contribution in [2.45, 2.75) is 0 Å². The first-order valence-corrected chi connectivity index (χ1v) is 5.85. The van der Waals surface area contributed by atoms with Gasteiger partial charge < -0.3 is 15.8 Å². The number of rotatable bonds is 3. The Hall–Kier alpha value is -2.27. The highest BCUT2D eigenvalue weighted by Crippen LogP contribution is 2.22. The molecule has 6 heteroatoms. The van der Waals surface area contributed by atoms with E-state index in [1.54, 1.807) is 30.3 Å². The number of aromatic nitrogens is 1. The van der Waals surface area contributed by atoms with Crippen molar-refractivity contribution in [1.82, 2.24) is 4.98 Å². The van der Waals surface area contributed by atoms with Crippen LogP contribution in [0.5, 0.6) is 0 Å². The van der Waals surface area contributed by atoms with E-state index in [-0.39, 0.29) is 5.69 Å². The number of pyridine rings is 1. The first kappa shape index (κ1) is 13.2. The molecule has 1 heterocycles. The number of carbonyl (C=O) groups excluding carboxylic acids is 1. The van der Waals surface area contributed by atoms with Crippen LogP contribution in [0.15, 0.2) is 36.4 Å². The molecule has 0 spiro atoms. The van der Waals surface area contributed by atoms with Crippen molar-refractivity contribution in [3.8, 4) is 0 Å². The number of nitrogen functional groups attached to an aromatic ring is 1. The number of carbonyl (C=O) groups is 1. The van der Waals surface area contributed by atoms with E-state index >= 15 is 0 Å². The Bertz CT molecular complexity index is 599. The Kier molecular flexibility index (Phi) is 3.87. The molecule has 2 rings (SSSR count). The summed E-state index contributed by atoms with van der Waals surface area (Å²) in [6.07, 6.45) is 0.